The maximum absolute atomic E-state index is 5.22. The van der Waals surface area contributed by atoms with Crippen molar-refractivity contribution in [2.45, 2.75) is 6.54 Å². The minimum atomic E-state index is 0.594. The van der Waals surface area contributed by atoms with E-state index in [-0.39, 0.29) is 0 Å². The molecular weight excluding hydrogens is 310 g/mol. The molecule has 0 saturated carbocycles. The van der Waals surface area contributed by atoms with Crippen LogP contribution in [-0.4, -0.2) is 10.1 Å². The van der Waals surface area contributed by atoms with E-state index in [1.165, 1.54) is 0 Å². The summed E-state index contributed by atoms with van der Waals surface area (Å²) in [6.07, 6.45) is 3.57. The maximum Gasteiger partial charge on any atom is 0.171 e. The molecule has 92 valence electrons. The number of hydrogen-bond acceptors (Lipinski definition) is 2. The third kappa shape index (κ3) is 4.09. The van der Waals surface area contributed by atoms with Crippen LogP contribution in [0.25, 0.3) is 0 Å². The molecule has 2 aromatic rings. The van der Waals surface area contributed by atoms with Crippen LogP contribution in [0.15, 0.2) is 53.3 Å². The van der Waals surface area contributed by atoms with Crippen LogP contribution >= 0.6 is 28.1 Å². The van der Waals surface area contributed by atoms with Crippen molar-refractivity contribution < 1.29 is 0 Å². The number of rotatable bonds is 3. The largest absolute Gasteiger partial charge is 0.358 e. The first-order chi connectivity index (χ1) is 8.74. The minimum absolute atomic E-state index is 0.594. The molecule has 0 saturated heterocycles. The Balaban J connectivity index is 1.86. The van der Waals surface area contributed by atoms with Crippen LogP contribution in [0.3, 0.4) is 0 Å². The van der Waals surface area contributed by atoms with Crippen LogP contribution in [-0.2, 0) is 6.54 Å². The molecule has 0 radical (unpaired) electrons. The number of halogens is 1. The highest BCUT2D eigenvalue weighted by Crippen LogP contribution is 2.15. The lowest BCUT2D eigenvalue weighted by Gasteiger charge is -2.10. The van der Waals surface area contributed by atoms with Gasteiger partial charge in [-0.15, -0.1) is 0 Å². The highest BCUT2D eigenvalue weighted by molar-refractivity contribution is 9.10. The Kier molecular flexibility index (Phi) is 4.66. The maximum atomic E-state index is 5.22. The molecule has 1 aromatic heterocycles. The van der Waals surface area contributed by atoms with Crippen LogP contribution in [0.2, 0.25) is 0 Å². The summed E-state index contributed by atoms with van der Waals surface area (Å²) < 4.78 is 1.02. The zero-order valence-electron chi connectivity index (χ0n) is 9.56. The smallest absolute Gasteiger partial charge is 0.171 e. The van der Waals surface area contributed by atoms with E-state index < -0.39 is 0 Å². The van der Waals surface area contributed by atoms with Gasteiger partial charge in [0.2, 0.25) is 0 Å². The van der Waals surface area contributed by atoms with Crippen molar-refractivity contribution >= 4 is 38.9 Å². The van der Waals surface area contributed by atoms with Crippen molar-refractivity contribution in [1.29, 1.82) is 0 Å². The van der Waals surface area contributed by atoms with E-state index in [0.717, 1.165) is 15.7 Å². The number of benzene rings is 1. The van der Waals surface area contributed by atoms with Crippen molar-refractivity contribution in [3.8, 4) is 0 Å². The summed E-state index contributed by atoms with van der Waals surface area (Å²) >= 11 is 8.64. The molecule has 2 N–H and O–H groups in total. The van der Waals surface area contributed by atoms with Gasteiger partial charge in [0.05, 0.1) is 0 Å². The lowest BCUT2D eigenvalue weighted by Crippen LogP contribution is -2.27. The molecule has 5 heteroatoms. The quantitative estimate of drug-likeness (QED) is 0.850. The molecule has 0 amide bonds. The van der Waals surface area contributed by atoms with E-state index in [1.807, 2.05) is 42.6 Å². The second-order valence-corrected chi connectivity index (χ2v) is 5.00. The summed E-state index contributed by atoms with van der Waals surface area (Å²) in [5.41, 5.74) is 2.05. The van der Waals surface area contributed by atoms with Gasteiger partial charge in [-0.25, -0.2) is 0 Å². The predicted octanol–water partition coefficient (Wildman–Crippen LogP) is 3.33. The van der Waals surface area contributed by atoms with E-state index in [1.54, 1.807) is 6.20 Å². The number of anilines is 1. The fourth-order valence-corrected chi connectivity index (χ4v) is 2.02. The number of nitrogens with one attached hydrogen (secondary N) is 2. The van der Waals surface area contributed by atoms with E-state index in [0.29, 0.717) is 11.7 Å². The average Bonchev–Trinajstić information content (AvgIpc) is 2.38. The lowest BCUT2D eigenvalue weighted by molar-refractivity contribution is 0.916. The van der Waals surface area contributed by atoms with Crippen LogP contribution in [0.4, 0.5) is 5.69 Å². The Morgan fingerprint density at radius 3 is 2.89 bits per heavy atom. The molecule has 1 heterocycles. The van der Waals surface area contributed by atoms with Gasteiger partial charge in [-0.05, 0) is 42.0 Å². The number of thiocarbonyl (C=S) groups is 1. The first kappa shape index (κ1) is 13.0. The summed E-state index contributed by atoms with van der Waals surface area (Å²) in [6, 6.07) is 11.8. The summed E-state index contributed by atoms with van der Waals surface area (Å²) in [7, 11) is 0. The van der Waals surface area contributed by atoms with E-state index in [4.69, 9.17) is 12.2 Å². The van der Waals surface area contributed by atoms with Gasteiger partial charge in [-0.1, -0.05) is 28.1 Å². The van der Waals surface area contributed by atoms with Crippen LogP contribution in [0.5, 0.6) is 0 Å². The van der Waals surface area contributed by atoms with Gasteiger partial charge in [0.25, 0.3) is 0 Å². The lowest BCUT2D eigenvalue weighted by atomic mass is 10.3. The Hall–Kier alpha value is -1.46. The molecule has 0 aliphatic heterocycles. The second-order valence-electron chi connectivity index (χ2n) is 3.68. The predicted molar refractivity (Wildman–Crippen MR) is 81.4 cm³/mol. The molecule has 0 bridgehead atoms. The van der Waals surface area contributed by atoms with Crippen LogP contribution < -0.4 is 10.6 Å². The highest BCUT2D eigenvalue weighted by atomic mass is 79.9. The van der Waals surface area contributed by atoms with Crippen LogP contribution in [0, 0.1) is 0 Å². The van der Waals surface area contributed by atoms with Gasteiger partial charge in [0.1, 0.15) is 0 Å². The van der Waals surface area contributed by atoms with Gasteiger partial charge >= 0.3 is 0 Å². The van der Waals surface area contributed by atoms with Gasteiger partial charge in [-0.2, -0.15) is 0 Å². The van der Waals surface area contributed by atoms with Gasteiger partial charge < -0.3 is 10.6 Å². The Bertz CT molecular complexity index is 531. The van der Waals surface area contributed by atoms with Crippen molar-refractivity contribution in [2.24, 2.45) is 0 Å². The molecule has 3 nitrogen and oxygen atoms in total. The summed E-state index contributed by atoms with van der Waals surface area (Å²) in [6.45, 7) is 0.660. The molecule has 0 aliphatic carbocycles. The molecule has 0 aliphatic rings. The SMILES string of the molecule is S=C(NCc1cccnc1)Nc1cccc(Br)c1. The zero-order valence-corrected chi connectivity index (χ0v) is 12.0. The van der Waals surface area contributed by atoms with Crippen molar-refractivity contribution in [2.75, 3.05) is 5.32 Å². The summed E-state index contributed by atoms with van der Waals surface area (Å²) in [4.78, 5) is 4.05. The minimum Gasteiger partial charge on any atom is -0.358 e. The molecule has 1 aromatic carbocycles. The molecule has 0 spiro atoms. The Labute approximate surface area is 120 Å². The van der Waals surface area contributed by atoms with Gasteiger partial charge in [-0.3, -0.25) is 4.98 Å². The topological polar surface area (TPSA) is 37.0 Å². The Morgan fingerprint density at radius 2 is 2.17 bits per heavy atom. The van der Waals surface area contributed by atoms with E-state index in [9.17, 15) is 0 Å². The van der Waals surface area contributed by atoms with Crippen LogP contribution in [0.1, 0.15) is 5.56 Å². The fraction of sp³-hybridized carbons (Fsp3) is 0.0769. The third-order valence-corrected chi connectivity index (χ3v) is 3.00. The normalized spacial score (nSPS) is 9.83. The number of nitrogens with zero attached hydrogens (tertiary/aromatic N) is 1. The number of hydrogen-bond donors (Lipinski definition) is 2. The van der Waals surface area contributed by atoms with E-state index >= 15 is 0 Å². The number of aromatic nitrogens is 1. The highest BCUT2D eigenvalue weighted by Gasteiger charge is 1.98. The standard InChI is InChI=1S/C13H12BrN3S/c14-11-4-1-5-12(7-11)17-13(18)16-9-10-3-2-6-15-8-10/h1-8H,9H2,(H2,16,17,18). The molecule has 0 unspecified atom stereocenters. The summed E-state index contributed by atoms with van der Waals surface area (Å²) in [5.74, 6) is 0. The summed E-state index contributed by atoms with van der Waals surface area (Å²) in [5, 5.41) is 6.85. The fourth-order valence-electron chi connectivity index (χ4n) is 1.43. The van der Waals surface area contributed by atoms with Crippen molar-refractivity contribution in [3.63, 3.8) is 0 Å². The Morgan fingerprint density at radius 1 is 1.28 bits per heavy atom. The third-order valence-electron chi connectivity index (χ3n) is 2.26. The van der Waals surface area contributed by atoms with Crippen molar-refractivity contribution in [3.05, 3.63) is 58.8 Å². The zero-order chi connectivity index (χ0) is 12.8. The first-order valence-electron chi connectivity index (χ1n) is 5.43. The molecular formula is C13H12BrN3S. The first-order valence-corrected chi connectivity index (χ1v) is 6.63. The van der Waals surface area contributed by atoms with Gasteiger partial charge in [0.15, 0.2) is 5.11 Å². The average molecular weight is 322 g/mol. The molecule has 0 fully saturated rings. The monoisotopic (exact) mass is 321 g/mol. The van der Waals surface area contributed by atoms with Gasteiger partial charge in [0, 0.05) is 29.1 Å². The molecule has 0 atom stereocenters. The number of pyridine rings is 1. The molecule has 18 heavy (non-hydrogen) atoms. The van der Waals surface area contributed by atoms with Crippen molar-refractivity contribution in [1.82, 2.24) is 10.3 Å². The molecule has 2 rings (SSSR count). The van der Waals surface area contributed by atoms with E-state index in [2.05, 4.69) is 31.5 Å². The second kappa shape index (κ2) is 6.47.